The highest BCUT2D eigenvalue weighted by Crippen LogP contribution is 2.20. The van der Waals surface area contributed by atoms with Crippen molar-refractivity contribution in [2.75, 3.05) is 13.2 Å². The van der Waals surface area contributed by atoms with Crippen molar-refractivity contribution in [3.8, 4) is 0 Å². The van der Waals surface area contributed by atoms with Gasteiger partial charge in [-0.1, -0.05) is 11.6 Å². The molecule has 0 saturated carbocycles. The third-order valence-corrected chi connectivity index (χ3v) is 3.56. The van der Waals surface area contributed by atoms with Gasteiger partial charge in [-0.25, -0.2) is 9.97 Å². The molecule has 6 nitrogen and oxygen atoms in total. The highest BCUT2D eigenvalue weighted by Gasteiger charge is 2.15. The van der Waals surface area contributed by atoms with Gasteiger partial charge in [0.1, 0.15) is 11.0 Å². The van der Waals surface area contributed by atoms with E-state index in [4.69, 9.17) is 16.7 Å². The monoisotopic (exact) mass is 297 g/mol. The summed E-state index contributed by atoms with van der Waals surface area (Å²) in [6.07, 6.45) is 2.41. The van der Waals surface area contributed by atoms with Crippen LogP contribution in [0.5, 0.6) is 0 Å². The number of aromatic nitrogens is 4. The zero-order chi connectivity index (χ0) is 14.7. The van der Waals surface area contributed by atoms with Crippen molar-refractivity contribution in [2.45, 2.75) is 32.9 Å². The molecule has 2 heterocycles. The Labute approximate surface area is 123 Å². The first-order chi connectivity index (χ1) is 9.52. The maximum atomic E-state index is 8.97. The summed E-state index contributed by atoms with van der Waals surface area (Å²) >= 11 is 6.18. The Kier molecular flexibility index (Phi) is 4.91. The van der Waals surface area contributed by atoms with Gasteiger partial charge in [-0.2, -0.15) is 5.10 Å². The Morgan fingerprint density at radius 3 is 2.80 bits per heavy atom. The van der Waals surface area contributed by atoms with E-state index in [9.17, 15) is 0 Å². The average Bonchev–Trinajstić information content (AvgIpc) is 2.77. The molecule has 0 fully saturated rings. The maximum Gasteiger partial charge on any atom is 0.162 e. The van der Waals surface area contributed by atoms with Gasteiger partial charge in [0.15, 0.2) is 5.65 Å². The average molecular weight is 298 g/mol. The van der Waals surface area contributed by atoms with Crippen LogP contribution in [0.3, 0.4) is 0 Å². The summed E-state index contributed by atoms with van der Waals surface area (Å²) < 4.78 is 1.69. The number of aliphatic hydroxyl groups is 1. The molecule has 0 aliphatic heterocycles. The molecule has 0 aromatic carbocycles. The van der Waals surface area contributed by atoms with Crippen LogP contribution >= 0.6 is 11.6 Å². The minimum absolute atomic E-state index is 0.186. The molecule has 2 rings (SSSR count). The summed E-state index contributed by atoms with van der Waals surface area (Å²) in [4.78, 5) is 11.1. The number of aliphatic hydroxyl groups excluding tert-OH is 1. The van der Waals surface area contributed by atoms with E-state index in [0.29, 0.717) is 23.6 Å². The number of hydrogen-bond acceptors (Lipinski definition) is 5. The summed E-state index contributed by atoms with van der Waals surface area (Å²) in [5.41, 5.74) is 0.742. The Morgan fingerprint density at radius 2 is 2.15 bits per heavy atom. The second-order valence-corrected chi connectivity index (χ2v) is 5.44. The summed E-state index contributed by atoms with van der Waals surface area (Å²) in [5.74, 6) is 0.678. The van der Waals surface area contributed by atoms with Crippen molar-refractivity contribution in [1.29, 1.82) is 0 Å². The molecule has 110 valence electrons. The molecular formula is C13H20ClN5O. The first kappa shape index (κ1) is 15.2. The van der Waals surface area contributed by atoms with Gasteiger partial charge in [-0.15, -0.1) is 0 Å². The fourth-order valence-corrected chi connectivity index (χ4v) is 2.31. The molecule has 0 saturated heterocycles. The van der Waals surface area contributed by atoms with Gasteiger partial charge in [0, 0.05) is 26.2 Å². The van der Waals surface area contributed by atoms with Crippen molar-refractivity contribution in [2.24, 2.45) is 7.05 Å². The molecule has 0 unspecified atom stereocenters. The van der Waals surface area contributed by atoms with E-state index in [-0.39, 0.29) is 6.61 Å². The van der Waals surface area contributed by atoms with Crippen molar-refractivity contribution in [1.82, 2.24) is 24.6 Å². The molecule has 20 heavy (non-hydrogen) atoms. The summed E-state index contributed by atoms with van der Waals surface area (Å²) in [7, 11) is 1.83. The molecular weight excluding hydrogens is 278 g/mol. The summed E-state index contributed by atoms with van der Waals surface area (Å²) in [6.45, 7) is 5.83. The lowest BCUT2D eigenvalue weighted by Gasteiger charge is -2.25. The lowest BCUT2D eigenvalue weighted by Crippen LogP contribution is -2.32. The lowest BCUT2D eigenvalue weighted by molar-refractivity contribution is 0.181. The SMILES string of the molecule is CC(C)N(CCCO)Cc1nc(Cl)c2cnn(C)c2n1. The fourth-order valence-electron chi connectivity index (χ4n) is 2.08. The zero-order valence-corrected chi connectivity index (χ0v) is 12.8. The highest BCUT2D eigenvalue weighted by atomic mass is 35.5. The Bertz CT molecular complexity index is 583. The summed E-state index contributed by atoms with van der Waals surface area (Å²) in [5, 5.41) is 14.3. The lowest BCUT2D eigenvalue weighted by atomic mass is 10.3. The fraction of sp³-hybridized carbons (Fsp3) is 0.615. The van der Waals surface area contributed by atoms with Crippen LogP contribution in [-0.4, -0.2) is 48.9 Å². The largest absolute Gasteiger partial charge is 0.396 e. The summed E-state index contributed by atoms with van der Waals surface area (Å²) in [6, 6.07) is 0.353. The molecule has 0 aliphatic carbocycles. The number of aryl methyl sites for hydroxylation is 1. The van der Waals surface area contributed by atoms with Crippen LogP contribution in [0.1, 0.15) is 26.1 Å². The Balaban J connectivity index is 2.25. The first-order valence-electron chi connectivity index (χ1n) is 6.72. The van der Waals surface area contributed by atoms with E-state index in [0.717, 1.165) is 24.0 Å². The quantitative estimate of drug-likeness (QED) is 0.821. The topological polar surface area (TPSA) is 67.1 Å². The van der Waals surface area contributed by atoms with E-state index >= 15 is 0 Å². The predicted molar refractivity (Wildman–Crippen MR) is 78.6 cm³/mol. The molecule has 7 heteroatoms. The van der Waals surface area contributed by atoms with Crippen LogP contribution in [0.25, 0.3) is 11.0 Å². The number of fused-ring (bicyclic) bond motifs is 1. The molecule has 2 aromatic heterocycles. The molecule has 2 aromatic rings. The van der Waals surface area contributed by atoms with E-state index < -0.39 is 0 Å². The minimum atomic E-state index is 0.186. The van der Waals surface area contributed by atoms with Gasteiger partial charge in [-0.3, -0.25) is 9.58 Å². The predicted octanol–water partition coefficient (Wildman–Crippen LogP) is 1.61. The Morgan fingerprint density at radius 1 is 1.40 bits per heavy atom. The number of hydrogen-bond donors (Lipinski definition) is 1. The van der Waals surface area contributed by atoms with Gasteiger partial charge in [0.05, 0.1) is 18.1 Å². The van der Waals surface area contributed by atoms with E-state index in [1.165, 1.54) is 0 Å². The van der Waals surface area contributed by atoms with Crippen molar-refractivity contribution in [3.63, 3.8) is 0 Å². The van der Waals surface area contributed by atoms with Crippen molar-refractivity contribution in [3.05, 3.63) is 17.2 Å². The van der Waals surface area contributed by atoms with Gasteiger partial charge in [-0.05, 0) is 20.3 Å². The van der Waals surface area contributed by atoms with Crippen LogP contribution in [-0.2, 0) is 13.6 Å². The molecule has 0 bridgehead atoms. The van der Waals surface area contributed by atoms with Crippen LogP contribution in [0, 0.1) is 0 Å². The number of halogens is 1. The molecule has 0 amide bonds. The van der Waals surface area contributed by atoms with Crippen molar-refractivity contribution >= 4 is 22.6 Å². The van der Waals surface area contributed by atoms with Gasteiger partial charge in [0.25, 0.3) is 0 Å². The normalized spacial score (nSPS) is 11.9. The van der Waals surface area contributed by atoms with Crippen LogP contribution < -0.4 is 0 Å². The van der Waals surface area contributed by atoms with Gasteiger partial charge < -0.3 is 5.11 Å². The van der Waals surface area contributed by atoms with E-state index in [1.54, 1.807) is 10.9 Å². The minimum Gasteiger partial charge on any atom is -0.396 e. The number of nitrogens with zero attached hydrogens (tertiary/aromatic N) is 5. The molecule has 0 atom stereocenters. The smallest absolute Gasteiger partial charge is 0.162 e. The van der Waals surface area contributed by atoms with E-state index in [1.807, 2.05) is 7.05 Å². The second-order valence-electron chi connectivity index (χ2n) is 5.08. The Hall–Kier alpha value is -1.24. The number of rotatable bonds is 6. The maximum absolute atomic E-state index is 8.97. The van der Waals surface area contributed by atoms with E-state index in [2.05, 4.69) is 33.8 Å². The van der Waals surface area contributed by atoms with Crippen LogP contribution in [0.4, 0.5) is 0 Å². The van der Waals surface area contributed by atoms with Crippen LogP contribution in [0.2, 0.25) is 5.15 Å². The third kappa shape index (κ3) is 3.26. The zero-order valence-electron chi connectivity index (χ0n) is 12.0. The first-order valence-corrected chi connectivity index (χ1v) is 7.09. The van der Waals surface area contributed by atoms with Gasteiger partial charge in [0.2, 0.25) is 0 Å². The van der Waals surface area contributed by atoms with Crippen molar-refractivity contribution < 1.29 is 5.11 Å². The van der Waals surface area contributed by atoms with Gasteiger partial charge >= 0.3 is 0 Å². The molecule has 0 radical (unpaired) electrons. The van der Waals surface area contributed by atoms with Crippen LogP contribution in [0.15, 0.2) is 6.20 Å². The molecule has 0 aliphatic rings. The standard InChI is InChI=1S/C13H20ClN5O/c1-9(2)19(5-4-6-20)8-11-16-12(14)10-7-15-18(3)13(10)17-11/h7,9,20H,4-6,8H2,1-3H3. The molecule has 0 spiro atoms. The molecule has 1 N–H and O–H groups in total. The second kappa shape index (κ2) is 6.47. The third-order valence-electron chi connectivity index (χ3n) is 3.27. The highest BCUT2D eigenvalue weighted by molar-refractivity contribution is 6.33.